The van der Waals surface area contributed by atoms with E-state index in [1.165, 1.54) is 10.6 Å². The van der Waals surface area contributed by atoms with Crippen LogP contribution >= 0.6 is 0 Å². The number of hydrogen-bond acceptors (Lipinski definition) is 4. The Balaban J connectivity index is 1.89. The minimum Gasteiger partial charge on any atom is -0.497 e. The minimum absolute atomic E-state index is 0.0238. The van der Waals surface area contributed by atoms with Gasteiger partial charge in [0.15, 0.2) is 0 Å². The van der Waals surface area contributed by atoms with Gasteiger partial charge in [-0.2, -0.15) is 0 Å². The number of carbonyl (C=O) groups excluding carboxylic acids is 1. The second-order valence-electron chi connectivity index (χ2n) is 6.42. The van der Waals surface area contributed by atoms with Crippen LogP contribution in [0.5, 0.6) is 5.75 Å². The molecule has 3 rings (SSSR count). The van der Waals surface area contributed by atoms with E-state index in [4.69, 9.17) is 4.74 Å². The summed E-state index contributed by atoms with van der Waals surface area (Å²) in [6.07, 6.45) is 4.32. The highest BCUT2D eigenvalue weighted by Gasteiger charge is 2.19. The quantitative estimate of drug-likeness (QED) is 0.905. The molecule has 6 nitrogen and oxygen atoms in total. The molecule has 1 saturated carbocycles. The molecule has 0 aliphatic heterocycles. The van der Waals surface area contributed by atoms with Crippen molar-refractivity contribution in [2.75, 3.05) is 7.11 Å². The Kier molecular flexibility index (Phi) is 5.16. The molecule has 2 aromatic rings. The molecule has 1 aliphatic rings. The van der Waals surface area contributed by atoms with Crippen LogP contribution in [0.1, 0.15) is 31.4 Å². The number of carbonyl (C=O) groups is 1. The average Bonchev–Trinajstić information content (AvgIpc) is 3.10. The molecular weight excluding hydrogens is 318 g/mol. The summed E-state index contributed by atoms with van der Waals surface area (Å²) in [4.78, 5) is 29.3. The monoisotopic (exact) mass is 341 g/mol. The number of nitrogens with zero attached hydrogens (tertiary/aromatic N) is 2. The molecule has 0 spiro atoms. The SMILES string of the molecule is COc1ccc(-c2nc(C)cc(=O)n2CC(=O)NC2CCCC2)cc1. The van der Waals surface area contributed by atoms with Gasteiger partial charge >= 0.3 is 0 Å². The zero-order valence-corrected chi connectivity index (χ0v) is 14.6. The average molecular weight is 341 g/mol. The largest absolute Gasteiger partial charge is 0.497 e. The van der Waals surface area contributed by atoms with Crippen molar-refractivity contribution in [3.63, 3.8) is 0 Å². The number of aryl methyl sites for hydroxylation is 1. The molecule has 1 amide bonds. The standard InChI is InChI=1S/C19H23N3O3/c1-13-11-18(24)22(12-17(23)21-15-5-3-4-6-15)19(20-13)14-7-9-16(25-2)10-8-14/h7-11,15H,3-6,12H2,1-2H3,(H,21,23). The van der Waals surface area contributed by atoms with Crippen LogP contribution in [0.4, 0.5) is 0 Å². The Hall–Kier alpha value is -2.63. The molecule has 1 N–H and O–H groups in total. The molecule has 1 heterocycles. The first kappa shape index (κ1) is 17.2. The molecule has 1 aliphatic carbocycles. The molecule has 1 fully saturated rings. The zero-order valence-electron chi connectivity index (χ0n) is 14.6. The van der Waals surface area contributed by atoms with Crippen molar-refractivity contribution in [3.8, 4) is 17.1 Å². The summed E-state index contributed by atoms with van der Waals surface area (Å²) in [6, 6.07) is 8.98. The minimum atomic E-state index is -0.222. The Labute approximate surface area is 146 Å². The van der Waals surface area contributed by atoms with Crippen LogP contribution in [0.15, 0.2) is 35.1 Å². The van der Waals surface area contributed by atoms with Gasteiger partial charge in [0.25, 0.3) is 5.56 Å². The Morgan fingerprint density at radius 3 is 2.60 bits per heavy atom. The first-order valence-electron chi connectivity index (χ1n) is 8.59. The van der Waals surface area contributed by atoms with Gasteiger partial charge in [0.1, 0.15) is 18.1 Å². The van der Waals surface area contributed by atoms with E-state index in [1.807, 2.05) is 24.3 Å². The topological polar surface area (TPSA) is 73.2 Å². The van der Waals surface area contributed by atoms with Gasteiger partial charge in [-0.1, -0.05) is 12.8 Å². The normalized spacial score (nSPS) is 14.5. The Morgan fingerprint density at radius 1 is 1.28 bits per heavy atom. The molecule has 0 atom stereocenters. The van der Waals surface area contributed by atoms with Crippen LogP contribution < -0.4 is 15.6 Å². The maximum absolute atomic E-state index is 12.4. The maximum atomic E-state index is 12.4. The van der Waals surface area contributed by atoms with E-state index in [1.54, 1.807) is 14.0 Å². The first-order valence-corrected chi connectivity index (χ1v) is 8.59. The lowest BCUT2D eigenvalue weighted by Gasteiger charge is -2.15. The van der Waals surface area contributed by atoms with Crippen molar-refractivity contribution >= 4 is 5.91 Å². The van der Waals surface area contributed by atoms with Gasteiger partial charge in [0.05, 0.1) is 7.11 Å². The summed E-state index contributed by atoms with van der Waals surface area (Å²) in [7, 11) is 1.60. The van der Waals surface area contributed by atoms with Crippen molar-refractivity contribution in [2.24, 2.45) is 0 Å². The fraction of sp³-hybridized carbons (Fsp3) is 0.421. The molecule has 0 unspecified atom stereocenters. The fourth-order valence-electron chi connectivity index (χ4n) is 3.22. The molecule has 1 aromatic carbocycles. The van der Waals surface area contributed by atoms with E-state index < -0.39 is 0 Å². The summed E-state index contributed by atoms with van der Waals surface area (Å²) in [5.41, 5.74) is 1.18. The number of rotatable bonds is 5. The number of aromatic nitrogens is 2. The van der Waals surface area contributed by atoms with Crippen LogP contribution in [0.25, 0.3) is 11.4 Å². The summed E-state index contributed by atoms with van der Waals surface area (Å²) < 4.78 is 6.60. The van der Waals surface area contributed by atoms with Crippen LogP contribution in [-0.2, 0) is 11.3 Å². The number of benzene rings is 1. The Bertz CT molecular complexity index is 806. The smallest absolute Gasteiger partial charge is 0.254 e. The van der Waals surface area contributed by atoms with Gasteiger partial charge in [0.2, 0.25) is 5.91 Å². The second kappa shape index (κ2) is 7.51. The summed E-state index contributed by atoms with van der Waals surface area (Å²) in [5, 5.41) is 3.02. The molecule has 0 saturated heterocycles. The van der Waals surface area contributed by atoms with E-state index in [-0.39, 0.29) is 24.1 Å². The van der Waals surface area contributed by atoms with E-state index >= 15 is 0 Å². The highest BCUT2D eigenvalue weighted by molar-refractivity contribution is 5.76. The molecule has 1 aromatic heterocycles. The van der Waals surface area contributed by atoms with Gasteiger partial charge in [-0.3, -0.25) is 14.2 Å². The molecule has 0 radical (unpaired) electrons. The third-order valence-corrected chi connectivity index (χ3v) is 4.51. The molecule has 6 heteroatoms. The number of ether oxygens (including phenoxy) is 1. The molecule has 132 valence electrons. The number of methoxy groups -OCH3 is 1. The third-order valence-electron chi connectivity index (χ3n) is 4.51. The summed E-state index contributed by atoms with van der Waals surface area (Å²) in [6.45, 7) is 1.75. The molecule has 0 bridgehead atoms. The van der Waals surface area contributed by atoms with E-state index in [0.717, 1.165) is 37.0 Å². The first-order chi connectivity index (χ1) is 12.1. The number of hydrogen-bond donors (Lipinski definition) is 1. The van der Waals surface area contributed by atoms with Crippen LogP contribution in [0.2, 0.25) is 0 Å². The van der Waals surface area contributed by atoms with Gasteiger partial charge in [-0.05, 0) is 44.0 Å². The lowest BCUT2D eigenvalue weighted by Crippen LogP contribution is -2.38. The highest BCUT2D eigenvalue weighted by atomic mass is 16.5. The van der Waals surface area contributed by atoms with Gasteiger partial charge in [-0.15, -0.1) is 0 Å². The van der Waals surface area contributed by atoms with Crippen molar-refractivity contribution in [2.45, 2.75) is 45.2 Å². The lowest BCUT2D eigenvalue weighted by molar-refractivity contribution is -0.122. The highest BCUT2D eigenvalue weighted by Crippen LogP contribution is 2.21. The number of nitrogens with one attached hydrogen (secondary N) is 1. The van der Waals surface area contributed by atoms with Crippen LogP contribution in [0.3, 0.4) is 0 Å². The number of amides is 1. The van der Waals surface area contributed by atoms with Gasteiger partial charge < -0.3 is 10.1 Å². The van der Waals surface area contributed by atoms with Crippen molar-refractivity contribution in [1.82, 2.24) is 14.9 Å². The second-order valence-corrected chi connectivity index (χ2v) is 6.42. The third kappa shape index (κ3) is 4.07. The lowest BCUT2D eigenvalue weighted by atomic mass is 10.2. The zero-order chi connectivity index (χ0) is 17.8. The Morgan fingerprint density at radius 2 is 1.96 bits per heavy atom. The predicted octanol–water partition coefficient (Wildman–Crippen LogP) is 2.29. The van der Waals surface area contributed by atoms with Gasteiger partial charge in [-0.25, -0.2) is 4.98 Å². The van der Waals surface area contributed by atoms with Crippen LogP contribution in [0, 0.1) is 6.92 Å². The molecule has 25 heavy (non-hydrogen) atoms. The van der Waals surface area contributed by atoms with E-state index in [0.29, 0.717) is 11.5 Å². The van der Waals surface area contributed by atoms with Crippen molar-refractivity contribution < 1.29 is 9.53 Å². The van der Waals surface area contributed by atoms with Gasteiger partial charge in [0, 0.05) is 23.4 Å². The summed E-state index contributed by atoms with van der Waals surface area (Å²) >= 11 is 0. The van der Waals surface area contributed by atoms with E-state index in [9.17, 15) is 9.59 Å². The fourth-order valence-corrected chi connectivity index (χ4v) is 3.22. The molecular formula is C19H23N3O3. The predicted molar refractivity (Wildman–Crippen MR) is 95.6 cm³/mol. The van der Waals surface area contributed by atoms with E-state index in [2.05, 4.69) is 10.3 Å². The van der Waals surface area contributed by atoms with Crippen LogP contribution in [-0.4, -0.2) is 28.6 Å². The summed E-state index contributed by atoms with van der Waals surface area (Å²) in [5.74, 6) is 1.08. The van der Waals surface area contributed by atoms with Crippen molar-refractivity contribution in [1.29, 1.82) is 0 Å². The van der Waals surface area contributed by atoms with Crippen molar-refractivity contribution in [3.05, 3.63) is 46.4 Å². The maximum Gasteiger partial charge on any atom is 0.254 e.